The van der Waals surface area contributed by atoms with E-state index in [1.54, 1.807) is 0 Å². The third kappa shape index (κ3) is 3.01. The van der Waals surface area contributed by atoms with Gasteiger partial charge < -0.3 is 15.0 Å². The minimum absolute atomic E-state index is 0. The van der Waals surface area contributed by atoms with Gasteiger partial charge in [0, 0.05) is 26.2 Å². The fraction of sp³-hybridized carbons (Fsp3) is 0.500. The van der Waals surface area contributed by atoms with Gasteiger partial charge in [0.25, 0.3) is 0 Å². The predicted molar refractivity (Wildman–Crippen MR) is 75.8 cm³/mol. The highest BCUT2D eigenvalue weighted by atomic mass is 35.5. The van der Waals surface area contributed by atoms with Gasteiger partial charge in [-0.2, -0.15) is 0 Å². The van der Waals surface area contributed by atoms with Crippen molar-refractivity contribution in [3.63, 3.8) is 0 Å². The first-order valence-corrected chi connectivity index (χ1v) is 6.55. The fourth-order valence-corrected chi connectivity index (χ4v) is 2.63. The van der Waals surface area contributed by atoms with E-state index in [-0.39, 0.29) is 24.2 Å². The van der Waals surface area contributed by atoms with Gasteiger partial charge in [-0.15, -0.1) is 12.4 Å². The van der Waals surface area contributed by atoms with E-state index < -0.39 is 0 Å². The highest BCUT2D eigenvalue weighted by Crippen LogP contribution is 2.27. The van der Waals surface area contributed by atoms with Crippen molar-refractivity contribution < 1.29 is 9.53 Å². The number of hydrogen-bond acceptors (Lipinski definition) is 3. The summed E-state index contributed by atoms with van der Waals surface area (Å²) in [4.78, 5) is 14.3. The molecule has 2 aliphatic rings. The van der Waals surface area contributed by atoms with Gasteiger partial charge in [0.2, 0.25) is 5.91 Å². The minimum atomic E-state index is -0.0157. The number of nitrogens with zero attached hydrogens (tertiary/aromatic N) is 1. The summed E-state index contributed by atoms with van der Waals surface area (Å²) < 4.78 is 5.68. The van der Waals surface area contributed by atoms with Gasteiger partial charge in [0.05, 0.1) is 5.92 Å². The smallest absolute Gasteiger partial charge is 0.229 e. The molecule has 0 aromatic heterocycles. The number of fused-ring (bicyclic) bond motifs is 1. The molecule has 0 saturated carbocycles. The molecule has 2 heterocycles. The average Bonchev–Trinajstić information content (AvgIpc) is 2.47. The Kier molecular flexibility index (Phi) is 4.66. The monoisotopic (exact) mass is 282 g/mol. The number of para-hydroxylation sites is 1. The number of amides is 1. The van der Waals surface area contributed by atoms with Gasteiger partial charge in [-0.3, -0.25) is 4.79 Å². The Balaban J connectivity index is 0.00000133. The molecule has 1 amide bonds. The number of nitrogens with one attached hydrogen (secondary N) is 1. The summed E-state index contributed by atoms with van der Waals surface area (Å²) in [6, 6.07) is 7.99. The second kappa shape index (κ2) is 6.26. The van der Waals surface area contributed by atoms with Crippen LogP contribution < -0.4 is 10.1 Å². The standard InChI is InChI=1S/C14H18N2O2.ClH/c17-14(16-7-5-15-6-8-16)12-9-11-3-1-2-4-13(11)18-10-12;/h1-4,12,15H,5-10H2;1H. The molecule has 2 aliphatic heterocycles. The molecule has 4 nitrogen and oxygen atoms in total. The van der Waals surface area contributed by atoms with Gasteiger partial charge in [0.15, 0.2) is 0 Å². The molecule has 1 atom stereocenters. The van der Waals surface area contributed by atoms with Gasteiger partial charge in [-0.25, -0.2) is 0 Å². The molecule has 1 N–H and O–H groups in total. The van der Waals surface area contributed by atoms with Crippen molar-refractivity contribution in [3.8, 4) is 5.75 Å². The maximum atomic E-state index is 12.4. The van der Waals surface area contributed by atoms with Crippen LogP contribution in [0.4, 0.5) is 0 Å². The van der Waals surface area contributed by atoms with E-state index >= 15 is 0 Å². The van der Waals surface area contributed by atoms with E-state index in [1.807, 2.05) is 29.2 Å². The molecule has 1 fully saturated rings. The number of halogens is 1. The van der Waals surface area contributed by atoms with Crippen LogP contribution >= 0.6 is 12.4 Å². The summed E-state index contributed by atoms with van der Waals surface area (Å²) in [5, 5.41) is 3.26. The molecular weight excluding hydrogens is 264 g/mol. The van der Waals surface area contributed by atoms with Crippen molar-refractivity contribution in [1.82, 2.24) is 10.2 Å². The Morgan fingerprint density at radius 3 is 2.79 bits per heavy atom. The van der Waals surface area contributed by atoms with Gasteiger partial charge >= 0.3 is 0 Å². The number of rotatable bonds is 1. The molecule has 0 spiro atoms. The van der Waals surface area contributed by atoms with Gasteiger partial charge in [-0.1, -0.05) is 18.2 Å². The zero-order valence-corrected chi connectivity index (χ0v) is 11.6. The summed E-state index contributed by atoms with van der Waals surface area (Å²) in [5.74, 6) is 1.16. The maximum Gasteiger partial charge on any atom is 0.229 e. The van der Waals surface area contributed by atoms with Crippen LogP contribution in [0.15, 0.2) is 24.3 Å². The van der Waals surface area contributed by atoms with Crippen LogP contribution in [-0.4, -0.2) is 43.6 Å². The fourth-order valence-electron chi connectivity index (χ4n) is 2.63. The van der Waals surface area contributed by atoms with Gasteiger partial charge in [0.1, 0.15) is 12.4 Å². The molecular formula is C14H19ClN2O2. The van der Waals surface area contributed by atoms with E-state index in [9.17, 15) is 4.79 Å². The largest absolute Gasteiger partial charge is 0.492 e. The Hall–Kier alpha value is -1.26. The van der Waals surface area contributed by atoms with Crippen LogP contribution in [0.3, 0.4) is 0 Å². The zero-order chi connectivity index (χ0) is 12.4. The maximum absolute atomic E-state index is 12.4. The number of piperazine rings is 1. The average molecular weight is 283 g/mol. The SMILES string of the molecule is Cl.O=C(C1COc2ccccc2C1)N1CCNCC1. The molecule has 104 valence electrons. The van der Waals surface area contributed by atoms with Crippen molar-refractivity contribution in [3.05, 3.63) is 29.8 Å². The lowest BCUT2D eigenvalue weighted by atomic mass is 9.95. The van der Waals surface area contributed by atoms with E-state index in [0.29, 0.717) is 6.61 Å². The van der Waals surface area contributed by atoms with E-state index in [1.165, 1.54) is 0 Å². The minimum Gasteiger partial charge on any atom is -0.492 e. The molecule has 1 saturated heterocycles. The topological polar surface area (TPSA) is 41.6 Å². The number of carbonyl (C=O) groups excluding carboxylic acids is 1. The number of ether oxygens (including phenoxy) is 1. The second-order valence-electron chi connectivity index (χ2n) is 4.90. The Labute approximate surface area is 119 Å². The van der Waals surface area contributed by atoms with Crippen LogP contribution in [0.2, 0.25) is 0 Å². The predicted octanol–water partition coefficient (Wildman–Crippen LogP) is 1.09. The zero-order valence-electron chi connectivity index (χ0n) is 10.8. The number of carbonyl (C=O) groups is 1. The molecule has 5 heteroatoms. The van der Waals surface area contributed by atoms with Crippen LogP contribution in [0.1, 0.15) is 5.56 Å². The second-order valence-corrected chi connectivity index (χ2v) is 4.90. The highest BCUT2D eigenvalue weighted by molar-refractivity contribution is 5.85. The molecule has 0 aliphatic carbocycles. The lowest BCUT2D eigenvalue weighted by Crippen LogP contribution is -2.50. The number of hydrogen-bond donors (Lipinski definition) is 1. The normalized spacial score (nSPS) is 21.9. The quantitative estimate of drug-likeness (QED) is 0.838. The molecule has 3 rings (SSSR count). The first kappa shape index (κ1) is 14.2. The van der Waals surface area contributed by atoms with Crippen molar-refractivity contribution >= 4 is 18.3 Å². The third-order valence-electron chi connectivity index (χ3n) is 3.66. The Bertz CT molecular complexity index is 447. The molecule has 1 unspecified atom stereocenters. The lowest BCUT2D eigenvalue weighted by molar-refractivity contribution is -0.137. The van der Waals surface area contributed by atoms with E-state index in [2.05, 4.69) is 5.32 Å². The summed E-state index contributed by atoms with van der Waals surface area (Å²) in [7, 11) is 0. The van der Waals surface area contributed by atoms with E-state index in [0.717, 1.165) is 43.9 Å². The highest BCUT2D eigenvalue weighted by Gasteiger charge is 2.29. The van der Waals surface area contributed by atoms with Crippen LogP contribution in [0.5, 0.6) is 5.75 Å². The first-order valence-electron chi connectivity index (χ1n) is 6.55. The summed E-state index contributed by atoms with van der Waals surface area (Å²) >= 11 is 0. The number of benzene rings is 1. The van der Waals surface area contributed by atoms with Crippen molar-refractivity contribution in [2.45, 2.75) is 6.42 Å². The summed E-state index contributed by atoms with van der Waals surface area (Å²) in [5.41, 5.74) is 1.15. The third-order valence-corrected chi connectivity index (χ3v) is 3.66. The van der Waals surface area contributed by atoms with Crippen LogP contribution in [0.25, 0.3) is 0 Å². The van der Waals surface area contributed by atoms with Crippen LogP contribution in [-0.2, 0) is 11.2 Å². The molecule has 0 radical (unpaired) electrons. The summed E-state index contributed by atoms with van der Waals surface area (Å²) in [6.45, 7) is 3.94. The van der Waals surface area contributed by atoms with Crippen molar-refractivity contribution in [2.75, 3.05) is 32.8 Å². The van der Waals surface area contributed by atoms with Gasteiger partial charge in [-0.05, 0) is 18.1 Å². The first-order chi connectivity index (χ1) is 8.84. The Morgan fingerprint density at radius 1 is 1.26 bits per heavy atom. The Morgan fingerprint density at radius 2 is 2.00 bits per heavy atom. The van der Waals surface area contributed by atoms with Crippen molar-refractivity contribution in [1.29, 1.82) is 0 Å². The van der Waals surface area contributed by atoms with E-state index in [4.69, 9.17) is 4.74 Å². The molecule has 0 bridgehead atoms. The summed E-state index contributed by atoms with van der Waals surface area (Å²) in [6.07, 6.45) is 0.804. The van der Waals surface area contributed by atoms with Crippen molar-refractivity contribution in [2.24, 2.45) is 5.92 Å². The lowest BCUT2D eigenvalue weighted by Gasteiger charge is -2.32. The molecule has 1 aromatic rings. The van der Waals surface area contributed by atoms with Crippen LogP contribution in [0, 0.1) is 5.92 Å². The molecule has 1 aromatic carbocycles. The molecule has 19 heavy (non-hydrogen) atoms.